The lowest BCUT2D eigenvalue weighted by molar-refractivity contribution is -0.124. The Morgan fingerprint density at radius 1 is 1.39 bits per heavy atom. The number of anilines is 1. The molecule has 0 saturated heterocycles. The molecule has 1 saturated carbocycles. The van der Waals surface area contributed by atoms with Crippen LogP contribution in [0.1, 0.15) is 51.5 Å². The summed E-state index contributed by atoms with van der Waals surface area (Å²) in [7, 11) is 0. The van der Waals surface area contributed by atoms with Gasteiger partial charge in [-0.2, -0.15) is 0 Å². The minimum atomic E-state index is -0.204. The van der Waals surface area contributed by atoms with Crippen molar-refractivity contribution >= 4 is 22.4 Å². The molecule has 0 spiro atoms. The van der Waals surface area contributed by atoms with E-state index in [-0.39, 0.29) is 11.3 Å². The molecule has 0 aliphatic heterocycles. The van der Waals surface area contributed by atoms with Crippen LogP contribution in [0.4, 0.5) is 5.13 Å². The molecule has 0 unspecified atom stereocenters. The van der Waals surface area contributed by atoms with Gasteiger partial charge in [0, 0.05) is 11.8 Å². The van der Waals surface area contributed by atoms with E-state index in [9.17, 15) is 4.79 Å². The first-order valence-corrected chi connectivity index (χ1v) is 7.45. The summed E-state index contributed by atoms with van der Waals surface area (Å²) >= 11 is 1.49. The lowest BCUT2D eigenvalue weighted by Crippen LogP contribution is -2.30. The molecule has 2 rings (SSSR count). The van der Waals surface area contributed by atoms with Gasteiger partial charge in [-0.1, -0.05) is 44.9 Å². The molecule has 1 aliphatic rings. The zero-order valence-corrected chi connectivity index (χ0v) is 12.1. The van der Waals surface area contributed by atoms with Crippen molar-refractivity contribution in [3.05, 3.63) is 5.01 Å². The third kappa shape index (κ3) is 3.07. The maximum absolute atomic E-state index is 12.2. The van der Waals surface area contributed by atoms with Crippen molar-refractivity contribution in [2.75, 3.05) is 5.32 Å². The predicted octanol–water partition coefficient (Wildman–Crippen LogP) is 3.26. The molecule has 1 aromatic heterocycles. The van der Waals surface area contributed by atoms with Crippen LogP contribution in [0.2, 0.25) is 0 Å². The molecule has 0 atom stereocenters. The fourth-order valence-corrected chi connectivity index (χ4v) is 3.31. The number of nitrogens with zero attached hydrogens (tertiary/aromatic N) is 2. The van der Waals surface area contributed by atoms with Crippen LogP contribution in [0.3, 0.4) is 0 Å². The van der Waals surface area contributed by atoms with Gasteiger partial charge in [-0.25, -0.2) is 0 Å². The van der Waals surface area contributed by atoms with Crippen LogP contribution in [0, 0.1) is 11.3 Å². The molecule has 100 valence electrons. The fraction of sp³-hybridized carbons (Fsp3) is 0.769. The highest BCUT2D eigenvalue weighted by atomic mass is 32.1. The monoisotopic (exact) mass is 267 g/mol. The first kappa shape index (κ1) is 13.5. The minimum absolute atomic E-state index is 0.104. The van der Waals surface area contributed by atoms with Crippen LogP contribution in [-0.4, -0.2) is 16.1 Å². The van der Waals surface area contributed by atoms with E-state index in [0.29, 0.717) is 11.0 Å². The fourth-order valence-electron chi connectivity index (χ4n) is 2.37. The molecule has 0 bridgehead atoms. The lowest BCUT2D eigenvalue weighted by atomic mass is 9.88. The van der Waals surface area contributed by atoms with Gasteiger partial charge in [0.15, 0.2) is 0 Å². The molecule has 1 heterocycles. The molecule has 1 fully saturated rings. The van der Waals surface area contributed by atoms with Crippen LogP contribution < -0.4 is 5.32 Å². The number of carbonyl (C=O) groups excluding carboxylic acids is 1. The Balaban J connectivity index is 1.96. The number of rotatable bonds is 4. The standard InChI is InChI=1S/C13H21N3OS/c1-9(2)8-10-15-16-12(18-10)14-11(17)13(3)6-4-5-7-13/h9H,4-8H2,1-3H3,(H,14,16,17). The number of amides is 1. The molecule has 1 amide bonds. The van der Waals surface area contributed by atoms with Crippen molar-refractivity contribution in [1.29, 1.82) is 0 Å². The molecule has 0 aromatic carbocycles. The quantitative estimate of drug-likeness (QED) is 0.911. The molecule has 4 nitrogen and oxygen atoms in total. The molecule has 1 aromatic rings. The number of hydrogen-bond acceptors (Lipinski definition) is 4. The van der Waals surface area contributed by atoms with Gasteiger partial charge in [0.05, 0.1) is 0 Å². The Kier molecular flexibility index (Phi) is 4.00. The van der Waals surface area contributed by atoms with Crippen molar-refractivity contribution in [3.8, 4) is 0 Å². The summed E-state index contributed by atoms with van der Waals surface area (Å²) in [5, 5.41) is 12.7. The van der Waals surface area contributed by atoms with Gasteiger partial charge in [-0.3, -0.25) is 4.79 Å². The third-order valence-corrected chi connectivity index (χ3v) is 4.39. The first-order valence-electron chi connectivity index (χ1n) is 6.63. The van der Waals surface area contributed by atoms with Gasteiger partial charge in [0.1, 0.15) is 5.01 Å². The largest absolute Gasteiger partial charge is 0.300 e. The molecular weight excluding hydrogens is 246 g/mol. The number of nitrogens with one attached hydrogen (secondary N) is 1. The average molecular weight is 267 g/mol. The van der Waals surface area contributed by atoms with E-state index < -0.39 is 0 Å². The Morgan fingerprint density at radius 2 is 2.06 bits per heavy atom. The number of carbonyl (C=O) groups is 1. The summed E-state index contributed by atoms with van der Waals surface area (Å²) in [6.45, 7) is 6.35. The van der Waals surface area contributed by atoms with Gasteiger partial charge in [0.25, 0.3) is 0 Å². The Labute approximate surface area is 112 Å². The maximum atomic E-state index is 12.2. The van der Waals surface area contributed by atoms with E-state index in [0.717, 1.165) is 37.1 Å². The highest BCUT2D eigenvalue weighted by Gasteiger charge is 2.36. The lowest BCUT2D eigenvalue weighted by Gasteiger charge is -2.20. The van der Waals surface area contributed by atoms with Gasteiger partial charge in [-0.05, 0) is 18.8 Å². The molecule has 0 radical (unpaired) electrons. The second kappa shape index (κ2) is 5.34. The van der Waals surface area contributed by atoms with Crippen molar-refractivity contribution in [3.63, 3.8) is 0 Å². The summed E-state index contributed by atoms with van der Waals surface area (Å²) in [5.41, 5.74) is -0.204. The Morgan fingerprint density at radius 3 is 2.67 bits per heavy atom. The van der Waals surface area contributed by atoms with Gasteiger partial charge in [-0.15, -0.1) is 10.2 Å². The van der Waals surface area contributed by atoms with Crippen molar-refractivity contribution < 1.29 is 4.79 Å². The molecule has 5 heteroatoms. The average Bonchev–Trinajstić information content (AvgIpc) is 2.88. The molecular formula is C13H21N3OS. The SMILES string of the molecule is CC(C)Cc1nnc(NC(=O)C2(C)CCCC2)s1. The van der Waals surface area contributed by atoms with Crippen molar-refractivity contribution in [2.24, 2.45) is 11.3 Å². The first-order chi connectivity index (χ1) is 8.49. The van der Waals surface area contributed by atoms with E-state index in [4.69, 9.17) is 0 Å². The highest BCUT2D eigenvalue weighted by Crippen LogP contribution is 2.38. The maximum Gasteiger partial charge on any atom is 0.232 e. The van der Waals surface area contributed by atoms with E-state index in [1.54, 1.807) is 0 Å². The predicted molar refractivity (Wildman–Crippen MR) is 73.7 cm³/mol. The topological polar surface area (TPSA) is 54.9 Å². The van der Waals surface area contributed by atoms with Gasteiger partial charge in [0.2, 0.25) is 11.0 Å². The van der Waals surface area contributed by atoms with E-state index in [1.807, 2.05) is 6.92 Å². The van der Waals surface area contributed by atoms with E-state index in [1.165, 1.54) is 11.3 Å². The van der Waals surface area contributed by atoms with Crippen LogP contribution >= 0.6 is 11.3 Å². The van der Waals surface area contributed by atoms with Crippen molar-refractivity contribution in [1.82, 2.24) is 10.2 Å². The Hall–Kier alpha value is -0.970. The molecule has 1 aliphatic carbocycles. The number of aromatic nitrogens is 2. The molecule has 1 N–H and O–H groups in total. The van der Waals surface area contributed by atoms with E-state index in [2.05, 4.69) is 29.4 Å². The van der Waals surface area contributed by atoms with Gasteiger partial charge >= 0.3 is 0 Å². The van der Waals surface area contributed by atoms with Crippen molar-refractivity contribution in [2.45, 2.75) is 52.9 Å². The van der Waals surface area contributed by atoms with Crippen LogP contribution in [0.15, 0.2) is 0 Å². The summed E-state index contributed by atoms with van der Waals surface area (Å²) in [5.74, 6) is 0.668. The zero-order chi connectivity index (χ0) is 13.2. The van der Waals surface area contributed by atoms with Crippen LogP contribution in [0.25, 0.3) is 0 Å². The highest BCUT2D eigenvalue weighted by molar-refractivity contribution is 7.15. The summed E-state index contributed by atoms with van der Waals surface area (Å²) in [6, 6.07) is 0. The summed E-state index contributed by atoms with van der Waals surface area (Å²) in [4.78, 5) is 12.2. The number of hydrogen-bond donors (Lipinski definition) is 1. The second-order valence-electron chi connectivity index (χ2n) is 5.82. The van der Waals surface area contributed by atoms with Gasteiger partial charge < -0.3 is 5.32 Å². The molecule has 18 heavy (non-hydrogen) atoms. The Bertz CT molecular complexity index is 422. The summed E-state index contributed by atoms with van der Waals surface area (Å²) < 4.78 is 0. The van der Waals surface area contributed by atoms with Crippen LogP contribution in [-0.2, 0) is 11.2 Å². The smallest absolute Gasteiger partial charge is 0.232 e. The second-order valence-corrected chi connectivity index (χ2v) is 6.88. The minimum Gasteiger partial charge on any atom is -0.300 e. The third-order valence-electron chi connectivity index (χ3n) is 3.53. The van der Waals surface area contributed by atoms with Crippen LogP contribution in [0.5, 0.6) is 0 Å². The normalized spacial score (nSPS) is 18.2. The summed E-state index contributed by atoms with van der Waals surface area (Å²) in [6.07, 6.45) is 5.19. The zero-order valence-electron chi connectivity index (χ0n) is 11.3. The van der Waals surface area contributed by atoms with E-state index >= 15 is 0 Å².